The first-order valence-corrected chi connectivity index (χ1v) is 8.21. The molecule has 0 saturated heterocycles. The van der Waals surface area contributed by atoms with Crippen molar-refractivity contribution >= 4 is 18.8 Å². The van der Waals surface area contributed by atoms with Gasteiger partial charge in [0.2, 0.25) is 0 Å². The third kappa shape index (κ3) is 0.832. The maximum absolute atomic E-state index is 2.47. The highest BCUT2D eigenvalue weighted by molar-refractivity contribution is 6.98. The molecule has 3 rings (SSSR count). The summed E-state index contributed by atoms with van der Waals surface area (Å²) in [6.07, 6.45) is 5.83. The Bertz CT molecular complexity index is 464. The minimum Gasteiger partial charge on any atom is -0.0802 e. The van der Waals surface area contributed by atoms with Gasteiger partial charge in [-0.15, -0.1) is 0 Å². The summed E-state index contributed by atoms with van der Waals surface area (Å²) in [6, 6.07) is 8.95. The molecule has 0 unspecified atom stereocenters. The van der Waals surface area contributed by atoms with Crippen molar-refractivity contribution in [2.75, 3.05) is 0 Å². The van der Waals surface area contributed by atoms with Gasteiger partial charge in [0.1, 0.15) is 8.07 Å². The summed E-state index contributed by atoms with van der Waals surface area (Å²) in [5.41, 5.74) is 3.05. The maximum atomic E-state index is 2.47. The zero-order valence-corrected chi connectivity index (χ0v) is 9.67. The van der Waals surface area contributed by atoms with Crippen molar-refractivity contribution in [1.82, 2.24) is 0 Å². The van der Waals surface area contributed by atoms with E-state index in [0.29, 0.717) is 0 Å². The molecule has 1 heteroatoms. The largest absolute Gasteiger partial charge is 0.109 e. The molecule has 0 radical (unpaired) electrons. The Balaban J connectivity index is 2.33. The van der Waals surface area contributed by atoms with Crippen LogP contribution < -0.4 is 5.19 Å². The SMILES string of the molecule is C[Si]1(C)C2=C(C=CC2)c2ccccc21. The summed E-state index contributed by atoms with van der Waals surface area (Å²) < 4.78 is 0. The van der Waals surface area contributed by atoms with Crippen LogP contribution in [0.3, 0.4) is 0 Å². The Kier molecular flexibility index (Phi) is 1.46. The van der Waals surface area contributed by atoms with Gasteiger partial charge in [-0.25, -0.2) is 0 Å². The van der Waals surface area contributed by atoms with E-state index in [-0.39, 0.29) is 0 Å². The molecular formula is C13H14Si. The summed E-state index contributed by atoms with van der Waals surface area (Å²) in [4.78, 5) is 0. The fourth-order valence-corrected chi connectivity index (χ4v) is 6.02. The highest BCUT2D eigenvalue weighted by atomic mass is 28.3. The summed E-state index contributed by atoms with van der Waals surface area (Å²) >= 11 is 0. The van der Waals surface area contributed by atoms with Crippen LogP contribution >= 0.6 is 0 Å². The molecule has 0 atom stereocenters. The second kappa shape index (κ2) is 2.48. The summed E-state index contributed by atoms with van der Waals surface area (Å²) in [7, 11) is -1.27. The second-order valence-electron chi connectivity index (χ2n) is 4.67. The molecule has 1 aromatic rings. The lowest BCUT2D eigenvalue weighted by Gasteiger charge is -2.20. The molecule has 2 aliphatic rings. The van der Waals surface area contributed by atoms with Crippen LogP contribution in [0, 0.1) is 0 Å². The van der Waals surface area contributed by atoms with E-state index in [1.807, 2.05) is 0 Å². The average Bonchev–Trinajstić information content (AvgIpc) is 2.72. The third-order valence-corrected chi connectivity index (χ3v) is 7.34. The van der Waals surface area contributed by atoms with Crippen LogP contribution in [0.1, 0.15) is 12.0 Å². The van der Waals surface area contributed by atoms with Crippen molar-refractivity contribution in [1.29, 1.82) is 0 Å². The highest BCUT2D eigenvalue weighted by Crippen LogP contribution is 2.39. The molecule has 1 aliphatic heterocycles. The van der Waals surface area contributed by atoms with Gasteiger partial charge in [0, 0.05) is 0 Å². The monoisotopic (exact) mass is 198 g/mol. The summed E-state index contributed by atoms with van der Waals surface area (Å²) in [5, 5.41) is 3.37. The van der Waals surface area contributed by atoms with Crippen molar-refractivity contribution < 1.29 is 0 Å². The van der Waals surface area contributed by atoms with Crippen LogP contribution in [0.15, 0.2) is 41.6 Å². The van der Waals surface area contributed by atoms with Gasteiger partial charge in [0.25, 0.3) is 0 Å². The Labute approximate surface area is 86.0 Å². The van der Waals surface area contributed by atoms with Gasteiger partial charge >= 0.3 is 0 Å². The minimum atomic E-state index is -1.27. The van der Waals surface area contributed by atoms with E-state index in [1.165, 1.54) is 17.6 Å². The number of rotatable bonds is 0. The molecule has 0 bridgehead atoms. The molecule has 0 fully saturated rings. The van der Waals surface area contributed by atoms with Crippen molar-refractivity contribution in [3.63, 3.8) is 0 Å². The van der Waals surface area contributed by atoms with Gasteiger partial charge in [-0.3, -0.25) is 0 Å². The predicted molar refractivity (Wildman–Crippen MR) is 64.2 cm³/mol. The Morgan fingerprint density at radius 1 is 1.14 bits per heavy atom. The Morgan fingerprint density at radius 3 is 2.79 bits per heavy atom. The summed E-state index contributed by atoms with van der Waals surface area (Å²) in [6.45, 7) is 4.95. The molecule has 0 aromatic heterocycles. The molecule has 0 nitrogen and oxygen atoms in total. The minimum absolute atomic E-state index is 1.20. The molecular weight excluding hydrogens is 184 g/mol. The van der Waals surface area contributed by atoms with E-state index >= 15 is 0 Å². The first-order valence-electron chi connectivity index (χ1n) is 5.21. The zero-order valence-electron chi connectivity index (χ0n) is 8.67. The average molecular weight is 198 g/mol. The van der Waals surface area contributed by atoms with Gasteiger partial charge in [-0.1, -0.05) is 54.7 Å². The third-order valence-electron chi connectivity index (χ3n) is 3.58. The van der Waals surface area contributed by atoms with E-state index in [2.05, 4.69) is 49.5 Å². The van der Waals surface area contributed by atoms with Crippen molar-refractivity contribution in [3.05, 3.63) is 47.2 Å². The van der Waals surface area contributed by atoms with Gasteiger partial charge in [-0.2, -0.15) is 0 Å². The van der Waals surface area contributed by atoms with Gasteiger partial charge in [0.15, 0.2) is 0 Å². The van der Waals surface area contributed by atoms with E-state index in [4.69, 9.17) is 0 Å². The van der Waals surface area contributed by atoms with Gasteiger partial charge < -0.3 is 0 Å². The molecule has 0 amide bonds. The van der Waals surface area contributed by atoms with Crippen LogP contribution in [0.4, 0.5) is 0 Å². The fraction of sp³-hybridized carbons (Fsp3) is 0.231. The van der Waals surface area contributed by atoms with Crippen molar-refractivity contribution in [3.8, 4) is 0 Å². The van der Waals surface area contributed by atoms with Crippen LogP contribution in [0.2, 0.25) is 13.1 Å². The number of benzene rings is 1. The number of hydrogen-bond acceptors (Lipinski definition) is 0. The van der Waals surface area contributed by atoms with Crippen LogP contribution in [0.25, 0.3) is 5.57 Å². The number of allylic oxidation sites excluding steroid dienone is 4. The lowest BCUT2D eigenvalue weighted by molar-refractivity contribution is 1.37. The van der Waals surface area contributed by atoms with Crippen molar-refractivity contribution in [2.24, 2.45) is 0 Å². The zero-order chi connectivity index (χ0) is 9.76. The van der Waals surface area contributed by atoms with E-state index in [0.717, 1.165) is 0 Å². The molecule has 0 saturated carbocycles. The van der Waals surface area contributed by atoms with Crippen molar-refractivity contribution in [2.45, 2.75) is 19.5 Å². The molecule has 0 spiro atoms. The van der Waals surface area contributed by atoms with E-state index in [1.54, 1.807) is 10.4 Å². The highest BCUT2D eigenvalue weighted by Gasteiger charge is 2.38. The second-order valence-corrected chi connectivity index (χ2v) is 9.06. The first kappa shape index (κ1) is 8.24. The van der Waals surface area contributed by atoms with Gasteiger partial charge in [-0.05, 0) is 22.7 Å². The Morgan fingerprint density at radius 2 is 1.93 bits per heavy atom. The molecule has 0 N–H and O–H groups in total. The lowest BCUT2D eigenvalue weighted by Crippen LogP contribution is -2.41. The summed E-state index contributed by atoms with van der Waals surface area (Å²) in [5.74, 6) is 0. The molecule has 1 aliphatic carbocycles. The fourth-order valence-electron chi connectivity index (χ4n) is 2.77. The van der Waals surface area contributed by atoms with E-state index < -0.39 is 8.07 Å². The standard InChI is InChI=1S/C13H14Si/c1-14(2)12-8-4-3-6-10(12)11-7-5-9-13(11)14/h3-8H,9H2,1-2H3. The Hall–Kier alpha value is -1.08. The molecule has 14 heavy (non-hydrogen) atoms. The maximum Gasteiger partial charge on any atom is 0.109 e. The number of hydrogen-bond donors (Lipinski definition) is 0. The van der Waals surface area contributed by atoms with Gasteiger partial charge in [0.05, 0.1) is 0 Å². The smallest absolute Gasteiger partial charge is 0.0802 e. The first-order chi connectivity index (χ1) is 6.71. The van der Waals surface area contributed by atoms with Crippen LogP contribution in [-0.4, -0.2) is 8.07 Å². The van der Waals surface area contributed by atoms with Crippen LogP contribution in [-0.2, 0) is 0 Å². The quantitative estimate of drug-likeness (QED) is 0.562. The molecule has 70 valence electrons. The predicted octanol–water partition coefficient (Wildman–Crippen LogP) is 2.87. The molecule has 1 aromatic carbocycles. The van der Waals surface area contributed by atoms with Crippen LogP contribution in [0.5, 0.6) is 0 Å². The normalized spacial score (nSPS) is 21.3. The topological polar surface area (TPSA) is 0 Å². The number of fused-ring (bicyclic) bond motifs is 2. The lowest BCUT2D eigenvalue weighted by atomic mass is 10.1. The molecule has 1 heterocycles. The van der Waals surface area contributed by atoms with E-state index in [9.17, 15) is 0 Å².